The largest absolute Gasteiger partial charge is 0.334 e. The molecule has 0 aliphatic carbocycles. The Hall–Kier alpha value is -9.90. The summed E-state index contributed by atoms with van der Waals surface area (Å²) >= 11 is 0. The molecule has 0 bridgehead atoms. The third kappa shape index (κ3) is 6.50. The van der Waals surface area contributed by atoms with Crippen molar-refractivity contribution in [1.29, 1.82) is 0 Å². The lowest BCUT2D eigenvalue weighted by molar-refractivity contribution is 0.948. The Balaban J connectivity index is 0.968. The molecule has 2 heterocycles. The van der Waals surface area contributed by atoms with Gasteiger partial charge in [-0.2, -0.15) is 0 Å². The minimum atomic E-state index is 0.998. The molecule has 16 rings (SSSR count). The zero-order chi connectivity index (χ0) is 50.2. The lowest BCUT2D eigenvalue weighted by Crippen LogP contribution is -1.92. The van der Waals surface area contributed by atoms with Gasteiger partial charge in [0.25, 0.3) is 0 Å². The van der Waals surface area contributed by atoms with E-state index in [0.29, 0.717) is 0 Å². The van der Waals surface area contributed by atoms with E-state index in [1.165, 1.54) is 142 Å². The third-order valence-corrected chi connectivity index (χ3v) is 16.4. The van der Waals surface area contributed by atoms with Gasteiger partial charge in [-0.25, -0.2) is 9.97 Å². The molecule has 0 amide bonds. The van der Waals surface area contributed by atoms with Crippen LogP contribution in [0.1, 0.15) is 0 Å². The van der Waals surface area contributed by atoms with Crippen molar-refractivity contribution in [3.8, 4) is 55.6 Å². The van der Waals surface area contributed by atoms with Crippen molar-refractivity contribution in [1.82, 2.24) is 19.1 Å². The van der Waals surface area contributed by atoms with Gasteiger partial charge in [0.1, 0.15) is 0 Å². The maximum Gasteiger partial charge on any atom is 0.0955 e. The van der Waals surface area contributed by atoms with Gasteiger partial charge in [0, 0.05) is 14.1 Å². The molecule has 0 radical (unpaired) electrons. The summed E-state index contributed by atoms with van der Waals surface area (Å²) in [6.45, 7) is 0. The normalized spacial score (nSPS) is 12.1. The molecule has 0 aliphatic rings. The zero-order valence-corrected chi connectivity index (χ0v) is 41.9. The number of fused-ring (bicyclic) bond motifs is 16. The maximum atomic E-state index is 4.62. The molecule has 0 saturated heterocycles. The van der Waals surface area contributed by atoms with Crippen LogP contribution in [0.25, 0.3) is 164 Å². The molecule has 0 fully saturated rings. The molecular formula is C72H46N4. The van der Waals surface area contributed by atoms with Gasteiger partial charge in [-0.15, -0.1) is 0 Å². The van der Waals surface area contributed by atoms with Crippen molar-refractivity contribution in [2.45, 2.75) is 0 Å². The van der Waals surface area contributed by atoms with E-state index in [2.05, 4.69) is 264 Å². The number of aromatic nitrogens is 4. The van der Waals surface area contributed by atoms with E-state index in [0.717, 1.165) is 22.1 Å². The Morgan fingerprint density at radius 3 is 1.30 bits per heavy atom. The summed E-state index contributed by atoms with van der Waals surface area (Å²) in [5.41, 5.74) is 16.1. The molecule has 16 aromatic rings. The Kier molecular flexibility index (Phi) is 9.13. The van der Waals surface area contributed by atoms with Crippen LogP contribution in [0.15, 0.2) is 243 Å². The molecule has 0 atom stereocenters. The SMILES string of the molecule is Cn1cnc2ccc(-c3cccc(-c4cc(-c5cc6ccccc6c6c5ccc5ccc7ccc(-c8cccc(-c9ccc%10ncn(C)c%10c9)c8)cc7c56)c5ccc6ccc7ccc8ccccc8c7c6c5c4)c3)cc21. The van der Waals surface area contributed by atoms with Gasteiger partial charge in [0.15, 0.2) is 0 Å². The van der Waals surface area contributed by atoms with Gasteiger partial charge in [0.2, 0.25) is 0 Å². The van der Waals surface area contributed by atoms with Crippen molar-refractivity contribution < 1.29 is 0 Å². The summed E-state index contributed by atoms with van der Waals surface area (Å²) < 4.78 is 4.19. The summed E-state index contributed by atoms with van der Waals surface area (Å²) in [5, 5.41) is 20.0. The number of imidazole rings is 2. The van der Waals surface area contributed by atoms with Gasteiger partial charge < -0.3 is 9.13 Å². The first kappa shape index (κ1) is 42.6. The average Bonchev–Trinajstić information content (AvgIpc) is 4.09. The molecule has 0 aliphatic heterocycles. The van der Waals surface area contributed by atoms with E-state index in [1.807, 2.05) is 12.7 Å². The van der Waals surface area contributed by atoms with Gasteiger partial charge in [0.05, 0.1) is 34.7 Å². The Labute approximate surface area is 438 Å². The van der Waals surface area contributed by atoms with Crippen molar-refractivity contribution in [2.75, 3.05) is 0 Å². The molecule has 354 valence electrons. The van der Waals surface area contributed by atoms with Crippen molar-refractivity contribution >= 4 is 108 Å². The van der Waals surface area contributed by atoms with Crippen LogP contribution in [0.3, 0.4) is 0 Å². The summed E-state index contributed by atoms with van der Waals surface area (Å²) in [4.78, 5) is 9.20. The summed E-state index contributed by atoms with van der Waals surface area (Å²) in [7, 11) is 4.12. The van der Waals surface area contributed by atoms with Crippen molar-refractivity contribution in [2.24, 2.45) is 14.1 Å². The summed E-state index contributed by atoms with van der Waals surface area (Å²) in [6.07, 6.45) is 3.78. The number of hydrogen-bond acceptors (Lipinski definition) is 2. The van der Waals surface area contributed by atoms with Crippen LogP contribution in [-0.4, -0.2) is 19.1 Å². The first-order valence-electron chi connectivity index (χ1n) is 26.1. The highest BCUT2D eigenvalue weighted by molar-refractivity contribution is 6.33. The molecule has 4 heteroatoms. The highest BCUT2D eigenvalue weighted by Crippen LogP contribution is 2.47. The fourth-order valence-corrected chi connectivity index (χ4v) is 12.6. The van der Waals surface area contributed by atoms with Crippen molar-refractivity contribution in [3.05, 3.63) is 243 Å². The number of hydrogen-bond donors (Lipinski definition) is 0. The van der Waals surface area contributed by atoms with Crippen LogP contribution in [0.2, 0.25) is 0 Å². The number of benzene rings is 14. The van der Waals surface area contributed by atoms with E-state index in [9.17, 15) is 0 Å². The highest BCUT2D eigenvalue weighted by Gasteiger charge is 2.20. The van der Waals surface area contributed by atoms with Crippen LogP contribution in [0.4, 0.5) is 0 Å². The topological polar surface area (TPSA) is 35.6 Å². The van der Waals surface area contributed by atoms with E-state index < -0.39 is 0 Å². The lowest BCUT2D eigenvalue weighted by atomic mass is 9.84. The minimum absolute atomic E-state index is 0.998. The molecule has 0 N–H and O–H groups in total. The standard InChI is InChI=1S/C72H46N4/c1-75-41-73-65-31-27-53(39-67(65)75)49-12-7-11-48(33-49)52-24-19-44-18-21-46-26-30-60-63(36-55-10-4-6-16-58(55)72(60)70(46)61(44)35-52)62-37-56(51-14-8-13-50(34-51)54-28-32-66-68(40-54)76(2)42-74-66)38-64-59(62)29-25-47-23-22-45-20-17-43-9-3-5-15-57(43)69(45)71(47)64/h3-42H,1-2H3. The lowest BCUT2D eigenvalue weighted by Gasteiger charge is -2.19. The highest BCUT2D eigenvalue weighted by atomic mass is 15.0. The van der Waals surface area contributed by atoms with Gasteiger partial charge in [-0.3, -0.25) is 0 Å². The molecule has 0 spiro atoms. The molecule has 0 unspecified atom stereocenters. The van der Waals surface area contributed by atoms with Gasteiger partial charge in [-0.05, 0) is 202 Å². The number of aryl methyl sites for hydroxylation is 2. The third-order valence-electron chi connectivity index (χ3n) is 16.4. The van der Waals surface area contributed by atoms with Crippen LogP contribution in [-0.2, 0) is 14.1 Å². The average molecular weight is 967 g/mol. The predicted octanol–water partition coefficient (Wildman–Crippen LogP) is 19.0. The molecule has 2 aromatic heterocycles. The monoisotopic (exact) mass is 966 g/mol. The second kappa shape index (κ2) is 16.3. The van der Waals surface area contributed by atoms with Crippen LogP contribution in [0, 0.1) is 0 Å². The maximum absolute atomic E-state index is 4.62. The first-order chi connectivity index (χ1) is 37.5. The fourth-order valence-electron chi connectivity index (χ4n) is 12.6. The van der Waals surface area contributed by atoms with Crippen LogP contribution >= 0.6 is 0 Å². The van der Waals surface area contributed by atoms with Crippen molar-refractivity contribution in [3.63, 3.8) is 0 Å². The second-order valence-electron chi connectivity index (χ2n) is 20.7. The Bertz CT molecular complexity index is 5150. The van der Waals surface area contributed by atoms with E-state index in [1.54, 1.807) is 0 Å². The van der Waals surface area contributed by atoms with Gasteiger partial charge >= 0.3 is 0 Å². The zero-order valence-electron chi connectivity index (χ0n) is 41.9. The Morgan fingerprint density at radius 1 is 0.250 bits per heavy atom. The van der Waals surface area contributed by atoms with E-state index in [4.69, 9.17) is 0 Å². The number of nitrogens with zero attached hydrogens (tertiary/aromatic N) is 4. The molecular weight excluding hydrogens is 921 g/mol. The minimum Gasteiger partial charge on any atom is -0.334 e. The summed E-state index contributed by atoms with van der Waals surface area (Å²) in [6, 6.07) is 86.7. The van der Waals surface area contributed by atoms with E-state index in [-0.39, 0.29) is 0 Å². The van der Waals surface area contributed by atoms with Crippen LogP contribution < -0.4 is 0 Å². The molecule has 0 saturated carbocycles. The quantitative estimate of drug-likeness (QED) is 0.161. The second-order valence-corrected chi connectivity index (χ2v) is 20.7. The smallest absolute Gasteiger partial charge is 0.0955 e. The van der Waals surface area contributed by atoms with E-state index >= 15 is 0 Å². The van der Waals surface area contributed by atoms with Gasteiger partial charge in [-0.1, -0.05) is 170 Å². The molecule has 14 aromatic carbocycles. The fraction of sp³-hybridized carbons (Fsp3) is 0.0278. The predicted molar refractivity (Wildman–Crippen MR) is 322 cm³/mol. The first-order valence-corrected chi connectivity index (χ1v) is 26.1. The molecule has 76 heavy (non-hydrogen) atoms. The van der Waals surface area contributed by atoms with Crippen LogP contribution in [0.5, 0.6) is 0 Å². The number of rotatable bonds is 5. The molecule has 4 nitrogen and oxygen atoms in total. The Morgan fingerprint density at radius 2 is 0.671 bits per heavy atom. The summed E-state index contributed by atoms with van der Waals surface area (Å²) in [5.74, 6) is 0.